The van der Waals surface area contributed by atoms with Crippen molar-refractivity contribution in [1.29, 1.82) is 5.26 Å². The standard InChI is InChI=1S/C7H4BrNSe/c8-6-3-1-2-4-7(6)10-5-9/h1-4H. The Kier molecular flexibility index (Phi) is 2.95. The fraction of sp³-hybridized carbons (Fsp3) is 0. The zero-order valence-corrected chi connectivity index (χ0v) is 8.34. The van der Waals surface area contributed by atoms with E-state index in [-0.39, 0.29) is 15.0 Å². The molecule has 0 amide bonds. The van der Waals surface area contributed by atoms with Gasteiger partial charge in [-0.25, -0.2) is 0 Å². The monoisotopic (exact) mass is 261 g/mol. The molecule has 0 atom stereocenters. The second kappa shape index (κ2) is 3.78. The average Bonchev–Trinajstić information content (AvgIpc) is 1.94. The van der Waals surface area contributed by atoms with Gasteiger partial charge in [-0.3, -0.25) is 0 Å². The normalized spacial score (nSPS) is 8.80. The Morgan fingerprint density at radius 3 is 2.70 bits per heavy atom. The summed E-state index contributed by atoms with van der Waals surface area (Å²) in [6.45, 7) is 0. The molecule has 1 aromatic rings. The minimum atomic E-state index is -0.0416. The Bertz CT molecular complexity index is 267. The van der Waals surface area contributed by atoms with Crippen molar-refractivity contribution in [3.8, 4) is 4.97 Å². The van der Waals surface area contributed by atoms with Gasteiger partial charge in [0.1, 0.15) is 0 Å². The molecule has 10 heavy (non-hydrogen) atoms. The van der Waals surface area contributed by atoms with E-state index >= 15 is 0 Å². The van der Waals surface area contributed by atoms with Gasteiger partial charge in [0.25, 0.3) is 0 Å². The minimum absolute atomic E-state index is 0.0416. The topological polar surface area (TPSA) is 23.8 Å². The van der Waals surface area contributed by atoms with E-state index in [0.717, 1.165) is 8.93 Å². The zero-order valence-electron chi connectivity index (χ0n) is 5.04. The first-order chi connectivity index (χ1) is 4.84. The van der Waals surface area contributed by atoms with Crippen molar-refractivity contribution < 1.29 is 0 Å². The van der Waals surface area contributed by atoms with Crippen molar-refractivity contribution in [1.82, 2.24) is 0 Å². The van der Waals surface area contributed by atoms with Crippen LogP contribution in [0.25, 0.3) is 0 Å². The van der Waals surface area contributed by atoms with Crippen LogP contribution < -0.4 is 4.46 Å². The van der Waals surface area contributed by atoms with E-state index < -0.39 is 0 Å². The average molecular weight is 261 g/mol. The molecule has 0 spiro atoms. The van der Waals surface area contributed by atoms with Crippen molar-refractivity contribution in [2.75, 3.05) is 0 Å². The summed E-state index contributed by atoms with van der Waals surface area (Å²) in [7, 11) is 0. The molecule has 0 aliphatic carbocycles. The molecule has 0 saturated heterocycles. The molecule has 0 N–H and O–H groups in total. The van der Waals surface area contributed by atoms with Crippen LogP contribution in [-0.2, 0) is 0 Å². The first kappa shape index (κ1) is 7.81. The summed E-state index contributed by atoms with van der Waals surface area (Å²) in [6, 6.07) is 7.81. The van der Waals surface area contributed by atoms with Crippen LogP contribution in [0.4, 0.5) is 0 Å². The molecule has 1 rings (SSSR count). The second-order valence-corrected chi connectivity index (χ2v) is 4.21. The number of nitriles is 1. The zero-order chi connectivity index (χ0) is 7.40. The fourth-order valence-electron chi connectivity index (χ4n) is 0.577. The first-order valence-corrected chi connectivity index (χ1v) is 5.15. The van der Waals surface area contributed by atoms with Crippen LogP contribution >= 0.6 is 15.9 Å². The number of hydrogen-bond donors (Lipinski definition) is 0. The maximum atomic E-state index is 8.40. The van der Waals surface area contributed by atoms with E-state index in [1.165, 1.54) is 0 Å². The quantitative estimate of drug-likeness (QED) is 0.698. The van der Waals surface area contributed by atoms with Gasteiger partial charge in [0, 0.05) is 0 Å². The summed E-state index contributed by atoms with van der Waals surface area (Å²) in [6.07, 6.45) is 0. The van der Waals surface area contributed by atoms with Crippen LogP contribution in [0.2, 0.25) is 0 Å². The van der Waals surface area contributed by atoms with Crippen LogP contribution in [0, 0.1) is 10.2 Å². The number of rotatable bonds is 1. The number of benzene rings is 1. The van der Waals surface area contributed by atoms with E-state index in [1.807, 2.05) is 24.3 Å². The van der Waals surface area contributed by atoms with E-state index in [4.69, 9.17) is 5.26 Å². The first-order valence-electron chi connectivity index (χ1n) is 2.65. The Hall–Kier alpha value is -0.291. The van der Waals surface area contributed by atoms with Gasteiger partial charge in [-0.2, -0.15) is 0 Å². The van der Waals surface area contributed by atoms with Gasteiger partial charge < -0.3 is 0 Å². The summed E-state index contributed by atoms with van der Waals surface area (Å²) in [5.41, 5.74) is 0. The third-order valence-corrected chi connectivity index (χ3v) is 3.67. The Labute approximate surface area is 74.3 Å². The van der Waals surface area contributed by atoms with Crippen molar-refractivity contribution in [2.24, 2.45) is 0 Å². The molecule has 0 fully saturated rings. The van der Waals surface area contributed by atoms with Gasteiger partial charge in [0.15, 0.2) is 0 Å². The van der Waals surface area contributed by atoms with Crippen molar-refractivity contribution in [2.45, 2.75) is 0 Å². The summed E-state index contributed by atoms with van der Waals surface area (Å²) in [5, 5.41) is 8.40. The number of nitrogens with zero attached hydrogens (tertiary/aromatic N) is 1. The SMILES string of the molecule is N#C[Se]c1ccccc1Br. The summed E-state index contributed by atoms with van der Waals surface area (Å²) < 4.78 is 2.15. The molecule has 0 aliphatic rings. The predicted molar refractivity (Wildman–Crippen MR) is 45.1 cm³/mol. The van der Waals surface area contributed by atoms with Crippen molar-refractivity contribution >= 4 is 35.3 Å². The molecule has 1 aromatic carbocycles. The molecular formula is C7H4BrNSe. The van der Waals surface area contributed by atoms with Crippen molar-refractivity contribution in [3.05, 3.63) is 28.7 Å². The van der Waals surface area contributed by atoms with E-state index in [0.29, 0.717) is 0 Å². The molecular weight excluding hydrogens is 257 g/mol. The van der Waals surface area contributed by atoms with Gasteiger partial charge in [-0.05, 0) is 0 Å². The van der Waals surface area contributed by atoms with Crippen LogP contribution in [0.15, 0.2) is 28.7 Å². The third-order valence-electron chi connectivity index (χ3n) is 0.992. The summed E-state index contributed by atoms with van der Waals surface area (Å²) >= 11 is 3.32. The van der Waals surface area contributed by atoms with Crippen LogP contribution in [0.3, 0.4) is 0 Å². The Morgan fingerprint density at radius 1 is 1.40 bits per heavy atom. The molecule has 0 radical (unpaired) electrons. The van der Waals surface area contributed by atoms with Gasteiger partial charge in [-0.1, -0.05) is 0 Å². The van der Waals surface area contributed by atoms with Crippen LogP contribution in [0.5, 0.6) is 0 Å². The van der Waals surface area contributed by atoms with Crippen LogP contribution in [0.1, 0.15) is 0 Å². The Balaban J connectivity index is 2.94. The molecule has 0 unspecified atom stereocenters. The van der Waals surface area contributed by atoms with Gasteiger partial charge in [0.05, 0.1) is 0 Å². The van der Waals surface area contributed by atoms with Gasteiger partial charge in [-0.15, -0.1) is 0 Å². The molecule has 3 heteroatoms. The maximum absolute atomic E-state index is 8.40. The van der Waals surface area contributed by atoms with E-state index in [2.05, 4.69) is 20.9 Å². The molecule has 1 nitrogen and oxygen atoms in total. The molecule has 0 saturated carbocycles. The molecule has 0 aromatic heterocycles. The van der Waals surface area contributed by atoms with Crippen LogP contribution in [-0.4, -0.2) is 15.0 Å². The summed E-state index contributed by atoms with van der Waals surface area (Å²) in [5.74, 6) is 0. The number of halogens is 1. The molecule has 50 valence electrons. The molecule has 0 aliphatic heterocycles. The Morgan fingerprint density at radius 2 is 2.10 bits per heavy atom. The fourth-order valence-corrected chi connectivity index (χ4v) is 2.14. The summed E-state index contributed by atoms with van der Waals surface area (Å²) in [4.78, 5) is 2.16. The molecule has 0 heterocycles. The van der Waals surface area contributed by atoms with E-state index in [9.17, 15) is 0 Å². The van der Waals surface area contributed by atoms with Gasteiger partial charge in [0.2, 0.25) is 0 Å². The van der Waals surface area contributed by atoms with Gasteiger partial charge >= 0.3 is 74.3 Å². The third kappa shape index (κ3) is 1.85. The van der Waals surface area contributed by atoms with E-state index in [1.54, 1.807) is 0 Å². The number of hydrogen-bond acceptors (Lipinski definition) is 1. The second-order valence-electron chi connectivity index (χ2n) is 1.62. The van der Waals surface area contributed by atoms with Crippen molar-refractivity contribution in [3.63, 3.8) is 0 Å². The predicted octanol–water partition coefficient (Wildman–Crippen LogP) is 1.26. The molecule has 0 bridgehead atoms.